The van der Waals surface area contributed by atoms with E-state index in [0.717, 1.165) is 22.4 Å². The van der Waals surface area contributed by atoms with Crippen LogP contribution in [0.5, 0.6) is 0 Å². The molecule has 0 saturated carbocycles. The van der Waals surface area contributed by atoms with Gasteiger partial charge in [-0.25, -0.2) is 4.98 Å². The topological polar surface area (TPSA) is 34.9 Å². The fraction of sp³-hybridized carbons (Fsp3) is 0.429. The van der Waals surface area contributed by atoms with Crippen LogP contribution in [0.3, 0.4) is 0 Å². The molecular weight excluding hydrogens is 212 g/mol. The minimum atomic E-state index is 0.199. The highest BCUT2D eigenvalue weighted by atomic mass is 16.1. The number of Topliss-reactive ketones (excluding diaryl/α,β-unsaturated/α-hetero) is 1. The number of fused-ring (bicyclic) bond motifs is 1. The molecule has 1 aromatic heterocycles. The molecule has 0 atom stereocenters. The molecule has 0 aliphatic rings. The van der Waals surface area contributed by atoms with Crippen molar-refractivity contribution in [1.29, 1.82) is 0 Å². The van der Waals surface area contributed by atoms with Crippen molar-refractivity contribution >= 4 is 16.8 Å². The van der Waals surface area contributed by atoms with Gasteiger partial charge in [0.2, 0.25) is 0 Å². The number of aryl methyl sites for hydroxylation is 2. The number of imidazole rings is 1. The van der Waals surface area contributed by atoms with Gasteiger partial charge in [0, 0.05) is 19.0 Å². The second-order valence-corrected chi connectivity index (χ2v) is 4.94. The van der Waals surface area contributed by atoms with Crippen LogP contribution < -0.4 is 0 Å². The number of carbonyl (C=O) groups is 1. The minimum absolute atomic E-state index is 0.199. The van der Waals surface area contributed by atoms with Gasteiger partial charge in [-0.3, -0.25) is 4.79 Å². The third kappa shape index (κ3) is 2.23. The number of nitrogens with zero attached hydrogens (tertiary/aromatic N) is 2. The molecule has 0 radical (unpaired) electrons. The molecule has 17 heavy (non-hydrogen) atoms. The Morgan fingerprint density at radius 2 is 2.12 bits per heavy atom. The molecular formula is C14H18N2O. The summed E-state index contributed by atoms with van der Waals surface area (Å²) in [6, 6.07) is 5.77. The zero-order valence-electron chi connectivity index (χ0n) is 10.8. The lowest BCUT2D eigenvalue weighted by atomic mass is 10.0. The first kappa shape index (κ1) is 11.8. The number of ketones is 1. The molecule has 0 unspecified atom stereocenters. The minimum Gasteiger partial charge on any atom is -0.331 e. The van der Waals surface area contributed by atoms with Crippen LogP contribution in [0.4, 0.5) is 0 Å². The Kier molecular flexibility index (Phi) is 3.01. The molecule has 90 valence electrons. The molecule has 0 saturated heterocycles. The molecule has 0 spiro atoms. The number of hydrogen-bond donors (Lipinski definition) is 0. The first-order chi connectivity index (χ1) is 7.99. The maximum atomic E-state index is 12.0. The Hall–Kier alpha value is -1.64. The molecule has 1 heterocycles. The Labute approximate surface area is 101 Å². The standard InChI is InChI=1S/C14H18N2O/c1-9(2)7-14(17)11-5-6-13-12(8-11)15-10(3)16(13)4/h5-6,8-9H,7H2,1-4H3. The quantitative estimate of drug-likeness (QED) is 0.759. The summed E-state index contributed by atoms with van der Waals surface area (Å²) in [6.45, 7) is 6.08. The van der Waals surface area contributed by atoms with Crippen molar-refractivity contribution in [3.8, 4) is 0 Å². The molecule has 0 fully saturated rings. The van der Waals surface area contributed by atoms with E-state index in [0.29, 0.717) is 12.3 Å². The van der Waals surface area contributed by atoms with Gasteiger partial charge in [0.1, 0.15) is 5.82 Å². The fourth-order valence-electron chi connectivity index (χ4n) is 1.98. The van der Waals surface area contributed by atoms with Crippen LogP contribution in [-0.2, 0) is 7.05 Å². The SMILES string of the molecule is Cc1nc2cc(C(=O)CC(C)C)ccc2n1C. The predicted molar refractivity (Wildman–Crippen MR) is 69.2 cm³/mol. The Balaban J connectivity index is 2.41. The largest absolute Gasteiger partial charge is 0.331 e. The third-order valence-electron chi connectivity index (χ3n) is 3.02. The summed E-state index contributed by atoms with van der Waals surface area (Å²) < 4.78 is 2.03. The third-order valence-corrected chi connectivity index (χ3v) is 3.02. The monoisotopic (exact) mass is 230 g/mol. The number of aromatic nitrogens is 2. The van der Waals surface area contributed by atoms with Gasteiger partial charge in [-0.15, -0.1) is 0 Å². The van der Waals surface area contributed by atoms with Crippen LogP contribution >= 0.6 is 0 Å². The van der Waals surface area contributed by atoms with Gasteiger partial charge >= 0.3 is 0 Å². The predicted octanol–water partition coefficient (Wildman–Crippen LogP) is 3.11. The Morgan fingerprint density at radius 1 is 1.41 bits per heavy atom. The Morgan fingerprint density at radius 3 is 2.76 bits per heavy atom. The first-order valence-electron chi connectivity index (χ1n) is 5.95. The molecule has 0 aliphatic heterocycles. The van der Waals surface area contributed by atoms with E-state index in [4.69, 9.17) is 0 Å². The molecule has 0 bridgehead atoms. The smallest absolute Gasteiger partial charge is 0.163 e. The molecule has 0 N–H and O–H groups in total. The number of hydrogen-bond acceptors (Lipinski definition) is 2. The van der Waals surface area contributed by atoms with Crippen molar-refractivity contribution in [2.24, 2.45) is 13.0 Å². The van der Waals surface area contributed by atoms with Crippen LogP contribution in [0.1, 0.15) is 36.5 Å². The fourth-order valence-corrected chi connectivity index (χ4v) is 1.98. The van der Waals surface area contributed by atoms with Crippen LogP contribution in [-0.4, -0.2) is 15.3 Å². The van der Waals surface area contributed by atoms with Gasteiger partial charge in [0.25, 0.3) is 0 Å². The average Bonchev–Trinajstić information content (AvgIpc) is 2.53. The van der Waals surface area contributed by atoms with E-state index in [1.54, 1.807) is 0 Å². The van der Waals surface area contributed by atoms with Crippen LogP contribution in [0.2, 0.25) is 0 Å². The van der Waals surface area contributed by atoms with Gasteiger partial charge in [-0.05, 0) is 31.0 Å². The summed E-state index contributed by atoms with van der Waals surface area (Å²) in [4.78, 5) is 16.4. The highest BCUT2D eigenvalue weighted by molar-refractivity contribution is 5.99. The van der Waals surface area contributed by atoms with Gasteiger partial charge in [-0.1, -0.05) is 13.8 Å². The highest BCUT2D eigenvalue weighted by Gasteiger charge is 2.11. The van der Waals surface area contributed by atoms with Gasteiger partial charge in [0.05, 0.1) is 11.0 Å². The van der Waals surface area contributed by atoms with Gasteiger partial charge in [0.15, 0.2) is 5.78 Å². The highest BCUT2D eigenvalue weighted by Crippen LogP contribution is 2.18. The molecule has 2 rings (SSSR count). The lowest BCUT2D eigenvalue weighted by Gasteiger charge is -2.04. The van der Waals surface area contributed by atoms with E-state index >= 15 is 0 Å². The van der Waals surface area contributed by atoms with Crippen molar-refractivity contribution < 1.29 is 4.79 Å². The lowest BCUT2D eigenvalue weighted by molar-refractivity contribution is 0.0968. The van der Waals surface area contributed by atoms with E-state index < -0.39 is 0 Å². The molecule has 1 aromatic carbocycles. The summed E-state index contributed by atoms with van der Waals surface area (Å²) in [5.41, 5.74) is 2.74. The van der Waals surface area contributed by atoms with Crippen molar-refractivity contribution in [2.45, 2.75) is 27.2 Å². The molecule has 3 nitrogen and oxygen atoms in total. The van der Waals surface area contributed by atoms with E-state index in [1.165, 1.54) is 0 Å². The summed E-state index contributed by atoms with van der Waals surface area (Å²) in [7, 11) is 1.99. The first-order valence-corrected chi connectivity index (χ1v) is 5.95. The van der Waals surface area contributed by atoms with Crippen LogP contribution in [0.25, 0.3) is 11.0 Å². The van der Waals surface area contributed by atoms with E-state index in [1.807, 2.05) is 36.7 Å². The number of rotatable bonds is 3. The molecule has 2 aromatic rings. The summed E-state index contributed by atoms with van der Waals surface area (Å²) >= 11 is 0. The van der Waals surface area contributed by atoms with E-state index in [9.17, 15) is 4.79 Å². The van der Waals surface area contributed by atoms with Gasteiger partial charge < -0.3 is 4.57 Å². The summed E-state index contributed by atoms with van der Waals surface area (Å²) in [6.07, 6.45) is 0.595. The zero-order chi connectivity index (χ0) is 12.6. The second-order valence-electron chi connectivity index (χ2n) is 4.94. The van der Waals surface area contributed by atoms with E-state index in [2.05, 4.69) is 18.8 Å². The van der Waals surface area contributed by atoms with E-state index in [-0.39, 0.29) is 5.78 Å². The zero-order valence-corrected chi connectivity index (χ0v) is 10.8. The molecule has 3 heteroatoms. The lowest BCUT2D eigenvalue weighted by Crippen LogP contribution is -2.03. The average molecular weight is 230 g/mol. The van der Waals surface area contributed by atoms with Crippen molar-refractivity contribution in [1.82, 2.24) is 9.55 Å². The normalized spacial score (nSPS) is 11.4. The number of carbonyl (C=O) groups excluding carboxylic acids is 1. The maximum Gasteiger partial charge on any atom is 0.163 e. The Bertz CT molecular complexity index is 567. The van der Waals surface area contributed by atoms with Crippen molar-refractivity contribution in [2.75, 3.05) is 0 Å². The maximum absolute atomic E-state index is 12.0. The number of benzene rings is 1. The van der Waals surface area contributed by atoms with Crippen LogP contribution in [0, 0.1) is 12.8 Å². The second kappa shape index (κ2) is 4.32. The van der Waals surface area contributed by atoms with Crippen molar-refractivity contribution in [3.63, 3.8) is 0 Å². The van der Waals surface area contributed by atoms with Crippen LogP contribution in [0.15, 0.2) is 18.2 Å². The molecule has 0 amide bonds. The summed E-state index contributed by atoms with van der Waals surface area (Å²) in [5, 5.41) is 0. The van der Waals surface area contributed by atoms with Crippen molar-refractivity contribution in [3.05, 3.63) is 29.6 Å². The summed E-state index contributed by atoms with van der Waals surface area (Å²) in [5.74, 6) is 1.56. The molecule has 0 aliphatic carbocycles. The van der Waals surface area contributed by atoms with Gasteiger partial charge in [-0.2, -0.15) is 0 Å².